The molecule has 2 atom stereocenters. The van der Waals surface area contributed by atoms with Crippen LogP contribution in [0.3, 0.4) is 0 Å². The fourth-order valence-electron chi connectivity index (χ4n) is 3.42. The van der Waals surface area contributed by atoms with Gasteiger partial charge in [-0.05, 0) is 57.9 Å². The molecule has 0 radical (unpaired) electrons. The Hall–Kier alpha value is -2.81. The van der Waals surface area contributed by atoms with Gasteiger partial charge in [0, 0.05) is 16.1 Å². The van der Waals surface area contributed by atoms with Crippen LogP contribution in [0, 0.1) is 17.2 Å². The zero-order valence-corrected chi connectivity index (χ0v) is 22.0. The molecule has 8 nitrogen and oxygen atoms in total. The summed E-state index contributed by atoms with van der Waals surface area (Å²) in [5.41, 5.74) is 1.32. The summed E-state index contributed by atoms with van der Waals surface area (Å²) in [5.74, 6) is -3.35. The second-order valence-corrected chi connectivity index (χ2v) is 9.82. The van der Waals surface area contributed by atoms with Crippen LogP contribution in [0.2, 0.25) is 0 Å². The first-order chi connectivity index (χ1) is 16.3. The maximum atomic E-state index is 12.9. The Kier molecular flexibility index (Phi) is 8.77. The Morgan fingerprint density at radius 3 is 2.47 bits per heavy atom. The molecule has 0 saturated carbocycles. The molecular formula is C23H19Br2N3O5S. The molecule has 2 N–H and O–H groups in total. The van der Waals surface area contributed by atoms with E-state index in [9.17, 15) is 19.6 Å². The number of hydrogen-bond donors (Lipinski definition) is 2. The van der Waals surface area contributed by atoms with Crippen molar-refractivity contribution in [2.75, 3.05) is 25.3 Å². The zero-order valence-electron chi connectivity index (χ0n) is 18.1. The van der Waals surface area contributed by atoms with E-state index in [1.165, 1.54) is 14.2 Å². The van der Waals surface area contributed by atoms with Gasteiger partial charge in [-0.2, -0.15) is 5.26 Å². The van der Waals surface area contributed by atoms with Gasteiger partial charge in [0.2, 0.25) is 11.8 Å². The van der Waals surface area contributed by atoms with E-state index in [2.05, 4.69) is 48.6 Å². The van der Waals surface area contributed by atoms with Gasteiger partial charge >= 0.3 is 5.97 Å². The number of allylic oxidation sites excluding steroid dienone is 1. The first-order valence-corrected chi connectivity index (χ1v) is 12.4. The van der Waals surface area contributed by atoms with Gasteiger partial charge < -0.3 is 20.1 Å². The molecule has 11 heteroatoms. The van der Waals surface area contributed by atoms with Gasteiger partial charge in [-0.1, -0.05) is 33.8 Å². The predicted octanol–water partition coefficient (Wildman–Crippen LogP) is 4.33. The monoisotopic (exact) mass is 607 g/mol. The van der Waals surface area contributed by atoms with Crippen LogP contribution >= 0.6 is 43.6 Å². The van der Waals surface area contributed by atoms with Crippen molar-refractivity contribution in [1.29, 1.82) is 5.26 Å². The average molecular weight is 609 g/mol. The van der Waals surface area contributed by atoms with Crippen LogP contribution in [0.5, 0.6) is 5.75 Å². The lowest BCUT2D eigenvalue weighted by molar-refractivity contribution is -0.150. The van der Waals surface area contributed by atoms with E-state index < -0.39 is 23.7 Å². The third kappa shape index (κ3) is 5.81. The highest BCUT2D eigenvalue weighted by Gasteiger charge is 2.44. The van der Waals surface area contributed by atoms with Crippen molar-refractivity contribution >= 4 is 67.1 Å². The molecule has 0 unspecified atom stereocenters. The highest BCUT2D eigenvalue weighted by molar-refractivity contribution is 9.10. The number of carbonyl (C=O) groups is 3. The number of halogens is 2. The van der Waals surface area contributed by atoms with Crippen molar-refractivity contribution in [1.82, 2.24) is 5.32 Å². The van der Waals surface area contributed by atoms with Crippen LogP contribution < -0.4 is 15.4 Å². The zero-order chi connectivity index (χ0) is 24.8. The van der Waals surface area contributed by atoms with E-state index in [4.69, 9.17) is 9.47 Å². The highest BCUT2D eigenvalue weighted by atomic mass is 79.9. The molecule has 0 aromatic heterocycles. The SMILES string of the molecule is COC(=O)[C@@H]1C(=O)NC(SCC(=O)Nc2ccc(Br)cc2)=C(C#N)[C@H]1c1ccc(OC)c(Br)c1. The van der Waals surface area contributed by atoms with Crippen LogP contribution in [0.15, 0.2) is 62.0 Å². The summed E-state index contributed by atoms with van der Waals surface area (Å²) in [6, 6.07) is 14.2. The molecule has 0 bridgehead atoms. The first-order valence-electron chi connectivity index (χ1n) is 9.83. The number of nitriles is 1. The summed E-state index contributed by atoms with van der Waals surface area (Å²) in [4.78, 5) is 37.9. The molecular weight excluding hydrogens is 590 g/mol. The molecule has 3 rings (SSSR count). The van der Waals surface area contributed by atoms with Gasteiger partial charge in [0.1, 0.15) is 11.7 Å². The fraction of sp³-hybridized carbons (Fsp3) is 0.217. The average Bonchev–Trinajstić information content (AvgIpc) is 2.83. The lowest BCUT2D eigenvalue weighted by Gasteiger charge is -2.31. The minimum atomic E-state index is -1.26. The lowest BCUT2D eigenvalue weighted by Crippen LogP contribution is -2.44. The molecule has 2 aromatic rings. The molecule has 1 aliphatic heterocycles. The molecule has 2 amide bonds. The molecule has 0 saturated heterocycles. The van der Waals surface area contributed by atoms with E-state index in [1.807, 2.05) is 0 Å². The molecule has 0 fully saturated rings. The normalized spacial score (nSPS) is 17.4. The number of benzene rings is 2. The van der Waals surface area contributed by atoms with Gasteiger partial charge in [0.25, 0.3) is 0 Å². The van der Waals surface area contributed by atoms with Crippen molar-refractivity contribution in [3.05, 3.63) is 67.6 Å². The van der Waals surface area contributed by atoms with Gasteiger partial charge in [0.15, 0.2) is 0 Å². The molecule has 0 spiro atoms. The van der Waals surface area contributed by atoms with Crippen LogP contribution in [0.4, 0.5) is 5.69 Å². The van der Waals surface area contributed by atoms with E-state index in [-0.39, 0.29) is 22.3 Å². The lowest BCUT2D eigenvalue weighted by atomic mass is 9.78. The van der Waals surface area contributed by atoms with E-state index in [0.717, 1.165) is 16.2 Å². The summed E-state index contributed by atoms with van der Waals surface area (Å²) in [7, 11) is 2.70. The first kappa shape index (κ1) is 25.8. The fourth-order valence-corrected chi connectivity index (χ4v) is 5.09. The van der Waals surface area contributed by atoms with Gasteiger partial charge in [-0.25, -0.2) is 0 Å². The third-order valence-electron chi connectivity index (χ3n) is 4.99. The van der Waals surface area contributed by atoms with E-state index in [1.54, 1.807) is 42.5 Å². The second kappa shape index (κ2) is 11.6. The molecule has 1 aliphatic rings. The summed E-state index contributed by atoms with van der Waals surface area (Å²) >= 11 is 7.75. The van der Waals surface area contributed by atoms with Crippen LogP contribution in [-0.2, 0) is 19.1 Å². The van der Waals surface area contributed by atoms with Gasteiger partial charge in [-0.3, -0.25) is 14.4 Å². The van der Waals surface area contributed by atoms with Crippen molar-refractivity contribution in [3.8, 4) is 11.8 Å². The maximum Gasteiger partial charge on any atom is 0.319 e. The number of rotatable bonds is 7. The number of hydrogen-bond acceptors (Lipinski definition) is 7. The number of esters is 1. The largest absolute Gasteiger partial charge is 0.496 e. The number of amides is 2. The Labute approximate surface area is 217 Å². The summed E-state index contributed by atoms with van der Waals surface area (Å²) in [5, 5.41) is 15.6. The van der Waals surface area contributed by atoms with Gasteiger partial charge in [-0.15, -0.1) is 0 Å². The van der Waals surface area contributed by atoms with E-state index >= 15 is 0 Å². The predicted molar refractivity (Wildman–Crippen MR) is 135 cm³/mol. The minimum Gasteiger partial charge on any atom is -0.496 e. The molecule has 0 aliphatic carbocycles. The Balaban J connectivity index is 1.92. The molecule has 1 heterocycles. The van der Waals surface area contributed by atoms with Crippen LogP contribution in [0.1, 0.15) is 11.5 Å². The quantitative estimate of drug-likeness (QED) is 0.355. The smallest absolute Gasteiger partial charge is 0.319 e. The number of ether oxygens (including phenoxy) is 2. The molecule has 34 heavy (non-hydrogen) atoms. The summed E-state index contributed by atoms with van der Waals surface area (Å²) in [6.07, 6.45) is 0. The van der Waals surface area contributed by atoms with Crippen LogP contribution in [0.25, 0.3) is 0 Å². The Morgan fingerprint density at radius 1 is 1.18 bits per heavy atom. The third-order valence-corrected chi connectivity index (χ3v) is 7.16. The number of nitrogens with one attached hydrogen (secondary N) is 2. The Bertz CT molecular complexity index is 1190. The highest BCUT2D eigenvalue weighted by Crippen LogP contribution is 2.42. The van der Waals surface area contributed by atoms with Crippen molar-refractivity contribution in [2.45, 2.75) is 5.92 Å². The Morgan fingerprint density at radius 2 is 1.88 bits per heavy atom. The maximum absolute atomic E-state index is 12.9. The van der Waals surface area contributed by atoms with E-state index in [0.29, 0.717) is 21.5 Å². The molecule has 2 aromatic carbocycles. The number of carbonyl (C=O) groups excluding carboxylic acids is 3. The number of thioether (sulfide) groups is 1. The standard InChI is InChI=1S/C23H19Br2N3O5S/c1-32-17-8-3-12(9-16(17)25)19-15(10-26)22(28-21(30)20(19)23(31)33-2)34-11-18(29)27-14-6-4-13(24)5-7-14/h3-9,19-20H,11H2,1-2H3,(H,27,29)(H,28,30)/t19-,20+/m1/s1. The second-order valence-electron chi connectivity index (χ2n) is 7.06. The number of anilines is 1. The van der Waals surface area contributed by atoms with Crippen LogP contribution in [-0.4, -0.2) is 37.8 Å². The minimum absolute atomic E-state index is 0.0568. The topological polar surface area (TPSA) is 118 Å². The number of nitrogens with zero attached hydrogens (tertiary/aromatic N) is 1. The summed E-state index contributed by atoms with van der Waals surface area (Å²) in [6.45, 7) is 0. The number of methoxy groups -OCH3 is 2. The van der Waals surface area contributed by atoms with Crippen molar-refractivity contribution in [2.24, 2.45) is 5.92 Å². The summed E-state index contributed by atoms with van der Waals surface area (Å²) < 4.78 is 11.6. The van der Waals surface area contributed by atoms with Crippen molar-refractivity contribution in [3.63, 3.8) is 0 Å². The van der Waals surface area contributed by atoms with Crippen molar-refractivity contribution < 1.29 is 23.9 Å². The van der Waals surface area contributed by atoms with Gasteiger partial charge in [0.05, 0.1) is 41.1 Å². The molecule has 176 valence electrons.